The van der Waals surface area contributed by atoms with Crippen LogP contribution >= 0.6 is 18.2 Å². The molecule has 0 nitrogen and oxygen atoms in total. The molecule has 0 bridgehead atoms. The number of hydrogen-bond donors (Lipinski definition) is 0. The van der Waals surface area contributed by atoms with Gasteiger partial charge in [0.1, 0.15) is 0 Å². The summed E-state index contributed by atoms with van der Waals surface area (Å²) < 4.78 is 0. The molecule has 0 heterocycles. The van der Waals surface area contributed by atoms with Crippen LogP contribution < -0.4 is 21.2 Å². The molecule has 0 aliphatic carbocycles. The Labute approximate surface area is 166 Å². The molecule has 0 saturated carbocycles. The first-order valence-electron chi connectivity index (χ1n) is 9.12. The zero-order chi connectivity index (χ0) is 18.6. The van der Waals surface area contributed by atoms with Gasteiger partial charge in [0.05, 0.1) is 0 Å². The normalized spacial score (nSPS) is 12.9. The van der Waals surface area contributed by atoms with Gasteiger partial charge < -0.3 is 0 Å². The van der Waals surface area contributed by atoms with Crippen LogP contribution in [0.4, 0.5) is 0 Å². The molecule has 2 heteroatoms. The van der Waals surface area contributed by atoms with Crippen molar-refractivity contribution < 1.29 is 0 Å². The van der Waals surface area contributed by atoms with E-state index < -0.39 is 6.60 Å². The molecule has 0 spiro atoms. The standard InChI is InChI=1S/C25H22ClP/c26-21-27(22-13-5-1-6-14-22,23-15-7-2-8-16-23,24-17-9-3-10-18-24)25-19-11-4-12-20-25/h1-20H,21H2. The number of hydrogen-bond acceptors (Lipinski definition) is 0. The second-order valence-corrected chi connectivity index (χ2v) is 12.4. The van der Waals surface area contributed by atoms with Crippen molar-refractivity contribution in [3.05, 3.63) is 121 Å². The molecule has 27 heavy (non-hydrogen) atoms. The number of benzene rings is 4. The molecule has 0 aliphatic rings. The van der Waals surface area contributed by atoms with Gasteiger partial charge in [0, 0.05) is 0 Å². The molecule has 0 saturated heterocycles. The van der Waals surface area contributed by atoms with Crippen molar-refractivity contribution in [2.45, 2.75) is 0 Å². The molecule has 0 unspecified atom stereocenters. The molecule has 0 aliphatic heterocycles. The van der Waals surface area contributed by atoms with E-state index in [4.69, 9.17) is 11.6 Å². The summed E-state index contributed by atoms with van der Waals surface area (Å²) in [4.78, 5) is 0. The molecule has 0 radical (unpaired) electrons. The monoisotopic (exact) mass is 388 g/mol. The van der Waals surface area contributed by atoms with E-state index in [1.807, 2.05) is 0 Å². The van der Waals surface area contributed by atoms with Crippen molar-refractivity contribution >= 4 is 39.4 Å². The first-order chi connectivity index (χ1) is 13.3. The van der Waals surface area contributed by atoms with E-state index in [1.54, 1.807) is 0 Å². The fourth-order valence-electron chi connectivity index (χ4n) is 4.20. The Bertz CT molecular complexity index is 830. The SMILES string of the molecule is ClCP(c1ccccc1)(c1ccccc1)(c1ccccc1)c1ccccc1. The van der Waals surface area contributed by atoms with Gasteiger partial charge in [0.25, 0.3) is 0 Å². The van der Waals surface area contributed by atoms with Crippen LogP contribution in [0.3, 0.4) is 0 Å². The average molecular weight is 389 g/mol. The quantitative estimate of drug-likeness (QED) is 0.332. The molecule has 4 rings (SSSR count). The Morgan fingerprint density at radius 1 is 0.407 bits per heavy atom. The molecule has 4 aromatic carbocycles. The summed E-state index contributed by atoms with van der Waals surface area (Å²) in [6.45, 7) is -3.08. The first kappa shape index (κ1) is 18.0. The average Bonchev–Trinajstić information content (AvgIpc) is 2.78. The van der Waals surface area contributed by atoms with Crippen molar-refractivity contribution in [3.63, 3.8) is 0 Å². The molecule has 0 aromatic heterocycles. The minimum absolute atomic E-state index is 0.521. The van der Waals surface area contributed by atoms with Crippen molar-refractivity contribution in [2.75, 3.05) is 5.62 Å². The predicted octanol–water partition coefficient (Wildman–Crippen LogP) is 5.04. The molecule has 0 N–H and O–H groups in total. The third-order valence-corrected chi connectivity index (χ3v) is 13.2. The topological polar surface area (TPSA) is 0 Å². The fourth-order valence-corrected chi connectivity index (χ4v) is 11.5. The Kier molecular flexibility index (Phi) is 4.87. The van der Waals surface area contributed by atoms with Crippen LogP contribution in [0.25, 0.3) is 0 Å². The van der Waals surface area contributed by atoms with E-state index in [0.717, 1.165) is 0 Å². The first-order valence-corrected chi connectivity index (χ1v) is 12.1. The third kappa shape index (κ3) is 2.56. The molecule has 0 atom stereocenters. The van der Waals surface area contributed by atoms with Gasteiger partial charge in [-0.3, -0.25) is 0 Å². The van der Waals surface area contributed by atoms with Crippen LogP contribution in [0.2, 0.25) is 0 Å². The molecular formula is C25H22ClP. The zero-order valence-corrected chi connectivity index (χ0v) is 16.7. The minimum atomic E-state index is -3.08. The van der Waals surface area contributed by atoms with Crippen LogP contribution in [0.5, 0.6) is 0 Å². The summed E-state index contributed by atoms with van der Waals surface area (Å²) in [5, 5.41) is 5.17. The Morgan fingerprint density at radius 3 is 0.815 bits per heavy atom. The molecule has 0 amide bonds. The molecule has 0 fully saturated rings. The molecule has 4 aromatic rings. The van der Waals surface area contributed by atoms with Crippen LogP contribution in [-0.4, -0.2) is 5.62 Å². The van der Waals surface area contributed by atoms with E-state index in [-0.39, 0.29) is 0 Å². The predicted molar refractivity (Wildman–Crippen MR) is 122 cm³/mol. The third-order valence-electron chi connectivity index (χ3n) is 5.54. The number of rotatable bonds is 5. The van der Waals surface area contributed by atoms with Crippen LogP contribution in [0.15, 0.2) is 121 Å². The Balaban J connectivity index is 2.27. The van der Waals surface area contributed by atoms with Crippen molar-refractivity contribution in [1.82, 2.24) is 0 Å². The van der Waals surface area contributed by atoms with Gasteiger partial charge in [-0.2, -0.15) is 0 Å². The van der Waals surface area contributed by atoms with Gasteiger partial charge >= 0.3 is 166 Å². The second kappa shape index (κ2) is 7.31. The number of alkyl halides is 1. The van der Waals surface area contributed by atoms with Crippen LogP contribution in [0, 0.1) is 0 Å². The number of halogens is 1. The summed E-state index contributed by atoms with van der Waals surface area (Å²) in [7, 11) is 0. The van der Waals surface area contributed by atoms with Gasteiger partial charge in [-0.15, -0.1) is 0 Å². The maximum atomic E-state index is 7.08. The van der Waals surface area contributed by atoms with Gasteiger partial charge in [0.15, 0.2) is 0 Å². The van der Waals surface area contributed by atoms with Crippen molar-refractivity contribution in [1.29, 1.82) is 0 Å². The van der Waals surface area contributed by atoms with Crippen LogP contribution in [-0.2, 0) is 0 Å². The summed E-state index contributed by atoms with van der Waals surface area (Å²) in [6, 6.07) is 43.2. The summed E-state index contributed by atoms with van der Waals surface area (Å²) in [5.74, 6) is 0. The van der Waals surface area contributed by atoms with Crippen molar-refractivity contribution in [3.8, 4) is 0 Å². The molecular weight excluding hydrogens is 367 g/mol. The Morgan fingerprint density at radius 2 is 0.630 bits per heavy atom. The Hall–Kier alpha value is -2.40. The van der Waals surface area contributed by atoms with Gasteiger partial charge in [-0.05, 0) is 0 Å². The zero-order valence-electron chi connectivity index (χ0n) is 15.1. The van der Waals surface area contributed by atoms with E-state index in [2.05, 4.69) is 121 Å². The fraction of sp³-hybridized carbons (Fsp3) is 0.0400. The second-order valence-electron chi connectivity index (χ2n) is 6.76. The summed E-state index contributed by atoms with van der Waals surface area (Å²) in [6.07, 6.45) is 0. The van der Waals surface area contributed by atoms with Gasteiger partial charge in [-0.1, -0.05) is 0 Å². The van der Waals surface area contributed by atoms with E-state index in [1.165, 1.54) is 21.2 Å². The van der Waals surface area contributed by atoms with E-state index in [9.17, 15) is 0 Å². The van der Waals surface area contributed by atoms with Gasteiger partial charge in [0.2, 0.25) is 0 Å². The summed E-state index contributed by atoms with van der Waals surface area (Å²) >= 11 is 7.08. The molecule has 134 valence electrons. The summed E-state index contributed by atoms with van der Waals surface area (Å²) in [5.41, 5.74) is 0.521. The maximum absolute atomic E-state index is 7.08. The van der Waals surface area contributed by atoms with E-state index >= 15 is 0 Å². The van der Waals surface area contributed by atoms with Crippen molar-refractivity contribution in [2.24, 2.45) is 0 Å². The van der Waals surface area contributed by atoms with Gasteiger partial charge in [-0.25, -0.2) is 0 Å². The van der Waals surface area contributed by atoms with Crippen LogP contribution in [0.1, 0.15) is 0 Å². The van der Waals surface area contributed by atoms with E-state index in [0.29, 0.717) is 5.62 Å².